The Morgan fingerprint density at radius 3 is 2.87 bits per heavy atom. The van der Waals surface area contributed by atoms with Gasteiger partial charge in [-0.05, 0) is 33.6 Å². The average molecular weight is 287 g/mol. The predicted octanol–water partition coefficient (Wildman–Crippen LogP) is 2.93. The lowest BCUT2D eigenvalue weighted by Crippen LogP contribution is -2.00. The molecule has 15 heavy (non-hydrogen) atoms. The van der Waals surface area contributed by atoms with Gasteiger partial charge < -0.3 is 5.73 Å². The standard InChI is InChI=1S/C10H9BrClN3/c11-8-4-14-15(6-8)5-7-1-2-9(13)3-10(7)12/h1-4,6H,5,13H2. The highest BCUT2D eigenvalue weighted by molar-refractivity contribution is 9.10. The summed E-state index contributed by atoms with van der Waals surface area (Å²) in [5, 5.41) is 4.82. The third-order valence-corrected chi connectivity index (χ3v) is 2.77. The van der Waals surface area contributed by atoms with Gasteiger partial charge in [0.15, 0.2) is 0 Å². The first kappa shape index (κ1) is 10.5. The van der Waals surface area contributed by atoms with Crippen molar-refractivity contribution in [3.8, 4) is 0 Å². The number of aromatic nitrogens is 2. The van der Waals surface area contributed by atoms with Crippen LogP contribution in [0.4, 0.5) is 5.69 Å². The molecule has 1 aromatic heterocycles. The minimum Gasteiger partial charge on any atom is -0.399 e. The molecule has 0 spiro atoms. The van der Waals surface area contributed by atoms with Gasteiger partial charge in [-0.2, -0.15) is 5.10 Å². The van der Waals surface area contributed by atoms with E-state index in [9.17, 15) is 0 Å². The molecule has 0 aliphatic heterocycles. The number of nitrogens with two attached hydrogens (primary N) is 1. The first-order chi connectivity index (χ1) is 7.15. The van der Waals surface area contributed by atoms with Gasteiger partial charge in [-0.1, -0.05) is 17.7 Å². The maximum absolute atomic E-state index is 6.05. The van der Waals surface area contributed by atoms with Crippen LogP contribution < -0.4 is 5.73 Å². The van der Waals surface area contributed by atoms with Gasteiger partial charge in [0.25, 0.3) is 0 Å². The minimum atomic E-state index is 0.644. The molecule has 0 aliphatic carbocycles. The molecule has 0 unspecified atom stereocenters. The molecule has 0 radical (unpaired) electrons. The number of benzene rings is 1. The summed E-state index contributed by atoms with van der Waals surface area (Å²) in [7, 11) is 0. The van der Waals surface area contributed by atoms with E-state index in [2.05, 4.69) is 21.0 Å². The lowest BCUT2D eigenvalue weighted by molar-refractivity contribution is 0.687. The van der Waals surface area contributed by atoms with Crippen molar-refractivity contribution in [2.24, 2.45) is 0 Å². The predicted molar refractivity (Wildman–Crippen MR) is 64.9 cm³/mol. The van der Waals surface area contributed by atoms with Crippen LogP contribution in [0.15, 0.2) is 35.1 Å². The van der Waals surface area contributed by atoms with Crippen LogP contribution in [0.2, 0.25) is 5.02 Å². The van der Waals surface area contributed by atoms with Gasteiger partial charge in [0.05, 0.1) is 17.2 Å². The minimum absolute atomic E-state index is 0.644. The van der Waals surface area contributed by atoms with Crippen LogP contribution in [-0.2, 0) is 6.54 Å². The molecule has 2 rings (SSSR count). The quantitative estimate of drug-likeness (QED) is 0.863. The van der Waals surface area contributed by atoms with Crippen LogP contribution in [0.5, 0.6) is 0 Å². The van der Waals surface area contributed by atoms with Crippen LogP contribution in [0.3, 0.4) is 0 Å². The van der Waals surface area contributed by atoms with E-state index in [1.807, 2.05) is 23.0 Å². The summed E-state index contributed by atoms with van der Waals surface area (Å²) in [6.07, 6.45) is 3.64. The molecule has 1 aromatic carbocycles. The summed E-state index contributed by atoms with van der Waals surface area (Å²) >= 11 is 9.39. The molecule has 78 valence electrons. The summed E-state index contributed by atoms with van der Waals surface area (Å²) < 4.78 is 2.76. The van der Waals surface area contributed by atoms with Crippen molar-refractivity contribution in [2.45, 2.75) is 6.54 Å². The summed E-state index contributed by atoms with van der Waals surface area (Å²) in [6.45, 7) is 0.644. The van der Waals surface area contributed by atoms with Gasteiger partial charge >= 0.3 is 0 Å². The SMILES string of the molecule is Nc1ccc(Cn2cc(Br)cn2)c(Cl)c1. The van der Waals surface area contributed by atoms with Crippen molar-refractivity contribution in [3.05, 3.63) is 45.7 Å². The highest BCUT2D eigenvalue weighted by Crippen LogP contribution is 2.20. The number of hydrogen-bond donors (Lipinski definition) is 1. The van der Waals surface area contributed by atoms with Crippen molar-refractivity contribution >= 4 is 33.2 Å². The van der Waals surface area contributed by atoms with Gasteiger partial charge in [-0.15, -0.1) is 0 Å². The Kier molecular flexibility index (Phi) is 2.98. The van der Waals surface area contributed by atoms with Gasteiger partial charge in [-0.25, -0.2) is 0 Å². The Hall–Kier alpha value is -1.00. The molecule has 2 N–H and O–H groups in total. The van der Waals surface area contributed by atoms with Crippen LogP contribution in [0, 0.1) is 0 Å². The summed E-state index contributed by atoms with van der Waals surface area (Å²) in [6, 6.07) is 5.49. The molecule has 0 amide bonds. The maximum Gasteiger partial charge on any atom is 0.0674 e. The lowest BCUT2D eigenvalue weighted by atomic mass is 10.2. The number of halogens is 2. The molecule has 0 aliphatic rings. The normalized spacial score (nSPS) is 10.5. The van der Waals surface area contributed by atoms with Gasteiger partial charge in [0.2, 0.25) is 0 Å². The maximum atomic E-state index is 6.05. The zero-order valence-electron chi connectivity index (χ0n) is 7.82. The lowest BCUT2D eigenvalue weighted by Gasteiger charge is -2.05. The van der Waals surface area contributed by atoms with Crippen molar-refractivity contribution in [1.82, 2.24) is 9.78 Å². The fourth-order valence-electron chi connectivity index (χ4n) is 1.29. The smallest absolute Gasteiger partial charge is 0.0674 e. The highest BCUT2D eigenvalue weighted by atomic mass is 79.9. The molecular formula is C10H9BrClN3. The fourth-order valence-corrected chi connectivity index (χ4v) is 1.87. The van der Waals surface area contributed by atoms with E-state index in [4.69, 9.17) is 17.3 Å². The Morgan fingerprint density at radius 1 is 1.47 bits per heavy atom. The van der Waals surface area contributed by atoms with Crippen molar-refractivity contribution in [2.75, 3.05) is 5.73 Å². The topological polar surface area (TPSA) is 43.8 Å². The van der Waals surface area contributed by atoms with Crippen LogP contribution in [-0.4, -0.2) is 9.78 Å². The molecule has 3 nitrogen and oxygen atoms in total. The third kappa shape index (κ3) is 2.52. The van der Waals surface area contributed by atoms with E-state index >= 15 is 0 Å². The Balaban J connectivity index is 2.24. The van der Waals surface area contributed by atoms with Gasteiger partial charge in [0, 0.05) is 16.9 Å². The van der Waals surface area contributed by atoms with Crippen molar-refractivity contribution in [3.63, 3.8) is 0 Å². The van der Waals surface area contributed by atoms with Gasteiger partial charge in [0.1, 0.15) is 0 Å². The average Bonchev–Trinajstić information content (AvgIpc) is 2.56. The first-order valence-corrected chi connectivity index (χ1v) is 5.54. The molecule has 1 heterocycles. The van der Waals surface area contributed by atoms with Gasteiger partial charge in [-0.3, -0.25) is 4.68 Å². The molecule has 0 fully saturated rings. The first-order valence-electron chi connectivity index (χ1n) is 4.37. The van der Waals surface area contributed by atoms with Crippen LogP contribution in [0.1, 0.15) is 5.56 Å². The summed E-state index contributed by atoms with van der Waals surface area (Å²) in [5.41, 5.74) is 7.28. The molecule has 0 saturated carbocycles. The van der Waals surface area contributed by atoms with E-state index in [1.165, 1.54) is 0 Å². The monoisotopic (exact) mass is 285 g/mol. The van der Waals surface area contributed by atoms with E-state index in [1.54, 1.807) is 12.3 Å². The number of hydrogen-bond acceptors (Lipinski definition) is 2. The number of anilines is 1. The fraction of sp³-hybridized carbons (Fsp3) is 0.100. The zero-order chi connectivity index (χ0) is 10.8. The zero-order valence-corrected chi connectivity index (χ0v) is 10.2. The summed E-state index contributed by atoms with van der Waals surface area (Å²) in [5.74, 6) is 0. The van der Waals surface area contributed by atoms with E-state index in [0.29, 0.717) is 17.3 Å². The molecule has 2 aromatic rings. The molecular weight excluding hydrogens is 277 g/mol. The molecule has 0 bridgehead atoms. The van der Waals surface area contributed by atoms with Crippen molar-refractivity contribution in [1.29, 1.82) is 0 Å². The largest absolute Gasteiger partial charge is 0.399 e. The highest BCUT2D eigenvalue weighted by Gasteiger charge is 2.02. The Labute approximate surface area is 101 Å². The Bertz CT molecular complexity index is 481. The summed E-state index contributed by atoms with van der Waals surface area (Å²) in [4.78, 5) is 0. The number of nitrogen functional groups attached to an aromatic ring is 1. The number of rotatable bonds is 2. The van der Waals surface area contributed by atoms with Crippen molar-refractivity contribution < 1.29 is 0 Å². The molecule has 0 saturated heterocycles. The third-order valence-electron chi connectivity index (χ3n) is 2.01. The van der Waals surface area contributed by atoms with Crippen LogP contribution >= 0.6 is 27.5 Å². The second-order valence-electron chi connectivity index (χ2n) is 3.21. The van der Waals surface area contributed by atoms with Crippen LogP contribution in [0.25, 0.3) is 0 Å². The second-order valence-corrected chi connectivity index (χ2v) is 4.53. The second kappa shape index (κ2) is 4.24. The number of nitrogens with zero attached hydrogens (tertiary/aromatic N) is 2. The molecule has 5 heteroatoms. The van der Waals surface area contributed by atoms with E-state index in [-0.39, 0.29) is 0 Å². The van der Waals surface area contributed by atoms with E-state index in [0.717, 1.165) is 10.0 Å². The van der Waals surface area contributed by atoms with E-state index < -0.39 is 0 Å². The Morgan fingerprint density at radius 2 is 2.27 bits per heavy atom. The molecule has 0 atom stereocenters.